The van der Waals surface area contributed by atoms with E-state index in [2.05, 4.69) is 10.6 Å². The number of hydrogen-bond acceptors (Lipinski definition) is 3. The normalized spacial score (nSPS) is 11.5. The van der Waals surface area contributed by atoms with Crippen molar-refractivity contribution in [3.63, 3.8) is 0 Å². The largest absolute Gasteiger partial charge is 0.497 e. The van der Waals surface area contributed by atoms with Crippen molar-refractivity contribution in [1.82, 2.24) is 5.32 Å². The van der Waals surface area contributed by atoms with E-state index in [0.29, 0.717) is 11.5 Å². The molecule has 0 aliphatic heterocycles. The van der Waals surface area contributed by atoms with Gasteiger partial charge in [0.25, 0.3) is 0 Å². The van der Waals surface area contributed by atoms with Crippen LogP contribution in [-0.4, -0.2) is 20.3 Å². The molecule has 0 spiro atoms. The molecule has 2 aromatic carbocycles. The maximum Gasteiger partial charge on any atom is 0.319 e. The van der Waals surface area contributed by atoms with Crippen molar-refractivity contribution >= 4 is 23.3 Å². The zero-order chi connectivity index (χ0) is 17.7. The molecule has 2 amide bonds. The van der Waals surface area contributed by atoms with E-state index in [1.54, 1.807) is 39.3 Å². The molecule has 0 fully saturated rings. The summed E-state index contributed by atoms with van der Waals surface area (Å²) < 4.78 is 24.2. The molecule has 0 bridgehead atoms. The summed E-state index contributed by atoms with van der Waals surface area (Å²) in [4.78, 5) is 12.1. The van der Waals surface area contributed by atoms with Crippen LogP contribution in [0.2, 0.25) is 5.02 Å². The van der Waals surface area contributed by atoms with Crippen LogP contribution in [0.4, 0.5) is 14.9 Å². The fourth-order valence-corrected chi connectivity index (χ4v) is 2.36. The average Bonchev–Trinajstić information content (AvgIpc) is 2.56. The van der Waals surface area contributed by atoms with Gasteiger partial charge in [-0.2, -0.15) is 0 Å². The van der Waals surface area contributed by atoms with Crippen LogP contribution < -0.4 is 20.1 Å². The van der Waals surface area contributed by atoms with Crippen molar-refractivity contribution in [2.75, 3.05) is 19.5 Å². The summed E-state index contributed by atoms with van der Waals surface area (Å²) in [6.07, 6.45) is 0. The van der Waals surface area contributed by atoms with Gasteiger partial charge in [0.1, 0.15) is 17.3 Å². The quantitative estimate of drug-likeness (QED) is 0.839. The first kappa shape index (κ1) is 17.9. The topological polar surface area (TPSA) is 59.6 Å². The van der Waals surface area contributed by atoms with Gasteiger partial charge in [0.15, 0.2) is 0 Å². The van der Waals surface area contributed by atoms with Crippen LogP contribution in [0.25, 0.3) is 0 Å². The molecule has 0 heterocycles. The van der Waals surface area contributed by atoms with Crippen LogP contribution in [0.15, 0.2) is 36.4 Å². The average molecular weight is 353 g/mol. The van der Waals surface area contributed by atoms with Gasteiger partial charge in [-0.1, -0.05) is 11.6 Å². The third-order valence-corrected chi connectivity index (χ3v) is 3.67. The van der Waals surface area contributed by atoms with Crippen molar-refractivity contribution in [2.24, 2.45) is 0 Å². The van der Waals surface area contributed by atoms with Crippen LogP contribution in [0, 0.1) is 5.82 Å². The first-order chi connectivity index (χ1) is 11.4. The van der Waals surface area contributed by atoms with Crippen LogP contribution in [0.1, 0.15) is 18.5 Å². The second-order valence-electron chi connectivity index (χ2n) is 5.05. The Morgan fingerprint density at radius 2 is 1.92 bits per heavy atom. The summed E-state index contributed by atoms with van der Waals surface area (Å²) in [5, 5.41) is 5.43. The fourth-order valence-electron chi connectivity index (χ4n) is 2.20. The number of carbonyl (C=O) groups excluding carboxylic acids is 1. The summed E-state index contributed by atoms with van der Waals surface area (Å²) in [7, 11) is 3.10. The lowest BCUT2D eigenvalue weighted by molar-refractivity contribution is 0.249. The number of halogens is 2. The number of ether oxygens (including phenoxy) is 2. The van der Waals surface area contributed by atoms with Crippen molar-refractivity contribution < 1.29 is 18.7 Å². The number of urea groups is 1. The second-order valence-corrected chi connectivity index (χ2v) is 5.49. The monoisotopic (exact) mass is 352 g/mol. The van der Waals surface area contributed by atoms with Crippen LogP contribution in [-0.2, 0) is 0 Å². The SMILES string of the molecule is COc1ccc(OC)c([C@H](C)NC(=O)Nc2ccc(Cl)cc2F)c1. The molecule has 1 atom stereocenters. The van der Waals surface area contributed by atoms with E-state index in [-0.39, 0.29) is 16.8 Å². The second kappa shape index (κ2) is 7.88. The van der Waals surface area contributed by atoms with Crippen LogP contribution >= 0.6 is 11.6 Å². The Morgan fingerprint density at radius 1 is 1.17 bits per heavy atom. The lowest BCUT2D eigenvalue weighted by Crippen LogP contribution is -2.31. The van der Waals surface area contributed by atoms with Gasteiger partial charge in [-0.25, -0.2) is 9.18 Å². The third kappa shape index (κ3) is 4.29. The van der Waals surface area contributed by atoms with Gasteiger partial charge in [-0.05, 0) is 43.3 Å². The zero-order valence-electron chi connectivity index (χ0n) is 13.5. The Hall–Kier alpha value is -2.47. The van der Waals surface area contributed by atoms with E-state index in [1.807, 2.05) is 0 Å². The number of methoxy groups -OCH3 is 2. The van der Waals surface area contributed by atoms with Crippen molar-refractivity contribution in [1.29, 1.82) is 0 Å². The van der Waals surface area contributed by atoms with E-state index >= 15 is 0 Å². The highest BCUT2D eigenvalue weighted by molar-refractivity contribution is 6.30. The minimum absolute atomic E-state index is 0.0432. The molecule has 24 heavy (non-hydrogen) atoms. The summed E-state index contributed by atoms with van der Waals surface area (Å²) in [5.74, 6) is 0.647. The van der Waals surface area contributed by atoms with E-state index in [1.165, 1.54) is 12.1 Å². The van der Waals surface area contributed by atoms with E-state index < -0.39 is 11.8 Å². The van der Waals surface area contributed by atoms with Gasteiger partial charge in [-0.15, -0.1) is 0 Å². The van der Waals surface area contributed by atoms with E-state index in [9.17, 15) is 9.18 Å². The van der Waals surface area contributed by atoms with Crippen LogP contribution in [0.3, 0.4) is 0 Å². The lowest BCUT2D eigenvalue weighted by atomic mass is 10.1. The Kier molecular flexibility index (Phi) is 5.87. The molecule has 0 radical (unpaired) electrons. The first-order valence-corrected chi connectivity index (χ1v) is 7.57. The molecule has 0 aliphatic carbocycles. The Balaban J connectivity index is 2.11. The molecule has 7 heteroatoms. The minimum Gasteiger partial charge on any atom is -0.497 e. The molecule has 128 valence electrons. The van der Waals surface area contributed by atoms with Crippen molar-refractivity contribution in [2.45, 2.75) is 13.0 Å². The molecule has 0 unspecified atom stereocenters. The number of rotatable bonds is 5. The predicted molar refractivity (Wildman–Crippen MR) is 91.5 cm³/mol. The zero-order valence-corrected chi connectivity index (χ0v) is 14.3. The van der Waals surface area contributed by atoms with Gasteiger partial charge in [0.05, 0.1) is 25.9 Å². The predicted octanol–water partition coefficient (Wildman–Crippen LogP) is 4.38. The molecule has 2 N–H and O–H groups in total. The number of benzene rings is 2. The Bertz CT molecular complexity index is 740. The number of amides is 2. The third-order valence-electron chi connectivity index (χ3n) is 3.43. The Morgan fingerprint density at radius 3 is 2.54 bits per heavy atom. The van der Waals surface area contributed by atoms with Gasteiger partial charge in [0.2, 0.25) is 0 Å². The number of hydrogen-bond donors (Lipinski definition) is 2. The minimum atomic E-state index is -0.607. The highest BCUT2D eigenvalue weighted by Crippen LogP contribution is 2.29. The molecule has 0 aromatic heterocycles. The van der Waals surface area contributed by atoms with E-state index in [0.717, 1.165) is 11.6 Å². The van der Waals surface area contributed by atoms with Gasteiger partial charge in [0, 0.05) is 10.6 Å². The lowest BCUT2D eigenvalue weighted by Gasteiger charge is -2.18. The molecular formula is C17H18ClFN2O3. The molecule has 0 saturated carbocycles. The smallest absolute Gasteiger partial charge is 0.319 e. The number of nitrogens with one attached hydrogen (secondary N) is 2. The maximum atomic E-state index is 13.7. The summed E-state index contributed by atoms with van der Waals surface area (Å²) in [6, 6.07) is 8.38. The van der Waals surface area contributed by atoms with Gasteiger partial charge >= 0.3 is 6.03 Å². The molecule has 0 saturated heterocycles. The molecular weight excluding hydrogens is 335 g/mol. The maximum absolute atomic E-state index is 13.7. The molecule has 2 rings (SSSR count). The van der Waals surface area contributed by atoms with Crippen LogP contribution in [0.5, 0.6) is 11.5 Å². The summed E-state index contributed by atoms with van der Waals surface area (Å²) >= 11 is 5.69. The fraction of sp³-hybridized carbons (Fsp3) is 0.235. The first-order valence-electron chi connectivity index (χ1n) is 7.19. The summed E-state index contributed by atoms with van der Waals surface area (Å²) in [6.45, 7) is 1.79. The summed E-state index contributed by atoms with van der Waals surface area (Å²) in [5.41, 5.74) is 0.783. The van der Waals surface area contributed by atoms with Crippen molar-refractivity contribution in [3.8, 4) is 11.5 Å². The number of carbonyl (C=O) groups is 1. The number of anilines is 1. The highest BCUT2D eigenvalue weighted by atomic mass is 35.5. The molecule has 2 aromatic rings. The van der Waals surface area contributed by atoms with Gasteiger partial charge < -0.3 is 20.1 Å². The van der Waals surface area contributed by atoms with E-state index in [4.69, 9.17) is 21.1 Å². The molecule has 5 nitrogen and oxygen atoms in total. The standard InChI is InChI=1S/C17H18ClFN2O3/c1-10(13-9-12(23-2)5-7-16(13)24-3)20-17(22)21-15-6-4-11(18)8-14(15)19/h4-10H,1-3H3,(H2,20,21,22)/t10-/m0/s1. The van der Waals surface area contributed by atoms with Gasteiger partial charge in [-0.3, -0.25) is 0 Å². The Labute approximate surface area is 144 Å². The highest BCUT2D eigenvalue weighted by Gasteiger charge is 2.16. The van der Waals surface area contributed by atoms with Crippen molar-refractivity contribution in [3.05, 3.63) is 52.8 Å². The molecule has 0 aliphatic rings.